The summed E-state index contributed by atoms with van der Waals surface area (Å²) in [5.74, 6) is -0.482. The van der Waals surface area contributed by atoms with Crippen LogP contribution in [0.5, 0.6) is 0 Å². The lowest BCUT2D eigenvalue weighted by molar-refractivity contribution is -0.142. The van der Waals surface area contributed by atoms with Gasteiger partial charge in [0.1, 0.15) is 0 Å². The maximum Gasteiger partial charge on any atom is 0.319 e. The van der Waals surface area contributed by atoms with Crippen molar-refractivity contribution in [1.82, 2.24) is 4.90 Å². The van der Waals surface area contributed by atoms with Gasteiger partial charge in [0.15, 0.2) is 0 Å². The zero-order valence-corrected chi connectivity index (χ0v) is 12.5. The second kappa shape index (κ2) is 7.65. The minimum atomic E-state index is -0.342. The van der Waals surface area contributed by atoms with E-state index in [0.29, 0.717) is 6.54 Å². The third-order valence-electron chi connectivity index (χ3n) is 3.19. The van der Waals surface area contributed by atoms with Gasteiger partial charge in [-0.05, 0) is 43.7 Å². The molecule has 1 aromatic rings. The van der Waals surface area contributed by atoms with Crippen LogP contribution in [0, 0.1) is 13.8 Å². The molecule has 0 spiro atoms. The molecule has 0 radical (unpaired) electrons. The van der Waals surface area contributed by atoms with Crippen LogP contribution < -0.4 is 5.32 Å². The molecule has 5 nitrogen and oxygen atoms in total. The van der Waals surface area contributed by atoms with Crippen molar-refractivity contribution in [2.45, 2.75) is 20.8 Å². The lowest BCUT2D eigenvalue weighted by Gasteiger charge is -2.18. The Morgan fingerprint density at radius 2 is 1.90 bits per heavy atom. The molecule has 0 heterocycles. The van der Waals surface area contributed by atoms with Gasteiger partial charge in [0.05, 0.1) is 20.2 Å². The number of hydrogen-bond donors (Lipinski definition) is 1. The third kappa shape index (κ3) is 5.01. The number of carbonyl (C=O) groups excluding carboxylic acids is 2. The Morgan fingerprint density at radius 1 is 1.20 bits per heavy atom. The number of methoxy groups -OCH3 is 1. The Kier molecular flexibility index (Phi) is 6.18. The van der Waals surface area contributed by atoms with Gasteiger partial charge in [0.25, 0.3) is 0 Å². The van der Waals surface area contributed by atoms with Gasteiger partial charge in [-0.2, -0.15) is 0 Å². The molecule has 0 aliphatic heterocycles. The van der Waals surface area contributed by atoms with E-state index < -0.39 is 0 Å². The first-order valence-corrected chi connectivity index (χ1v) is 6.62. The van der Waals surface area contributed by atoms with Crippen LogP contribution >= 0.6 is 0 Å². The number of nitrogens with zero attached hydrogens (tertiary/aromatic N) is 1. The minimum absolute atomic E-state index is 0.118. The maximum absolute atomic E-state index is 11.9. The van der Waals surface area contributed by atoms with Crippen molar-refractivity contribution in [2.75, 3.05) is 32.1 Å². The Balaban J connectivity index is 2.57. The fraction of sp³-hybridized carbons (Fsp3) is 0.467. The highest BCUT2D eigenvalue weighted by Crippen LogP contribution is 2.14. The smallest absolute Gasteiger partial charge is 0.319 e. The molecule has 0 aromatic heterocycles. The van der Waals surface area contributed by atoms with Crippen LogP contribution in [0.1, 0.15) is 18.1 Å². The topological polar surface area (TPSA) is 58.6 Å². The third-order valence-corrected chi connectivity index (χ3v) is 3.19. The zero-order chi connectivity index (χ0) is 15.1. The van der Waals surface area contributed by atoms with E-state index in [2.05, 4.69) is 10.1 Å². The molecule has 1 aromatic carbocycles. The van der Waals surface area contributed by atoms with Crippen molar-refractivity contribution in [3.63, 3.8) is 0 Å². The number of anilines is 1. The number of nitrogens with one attached hydrogen (secondary N) is 1. The second-order valence-corrected chi connectivity index (χ2v) is 4.73. The quantitative estimate of drug-likeness (QED) is 0.805. The minimum Gasteiger partial charge on any atom is -0.468 e. The van der Waals surface area contributed by atoms with Gasteiger partial charge in [-0.3, -0.25) is 14.5 Å². The zero-order valence-electron chi connectivity index (χ0n) is 12.5. The fourth-order valence-electron chi connectivity index (χ4n) is 1.75. The molecule has 1 N–H and O–H groups in total. The lowest BCUT2D eigenvalue weighted by atomic mass is 10.1. The molecular formula is C15H22N2O3. The van der Waals surface area contributed by atoms with Crippen LogP contribution in [-0.2, 0) is 14.3 Å². The Hall–Kier alpha value is -1.88. The second-order valence-electron chi connectivity index (χ2n) is 4.73. The molecule has 1 rings (SSSR count). The van der Waals surface area contributed by atoms with Crippen molar-refractivity contribution >= 4 is 17.6 Å². The first kappa shape index (κ1) is 16.2. The largest absolute Gasteiger partial charge is 0.468 e. The number of aryl methyl sites for hydroxylation is 2. The molecule has 5 heteroatoms. The Labute approximate surface area is 119 Å². The number of rotatable bonds is 6. The number of likely N-dealkylation sites (N-methyl/N-ethyl adjacent to an activating group) is 1. The number of amides is 1. The summed E-state index contributed by atoms with van der Waals surface area (Å²) in [5.41, 5.74) is 3.08. The molecule has 0 fully saturated rings. The fourth-order valence-corrected chi connectivity index (χ4v) is 1.75. The van der Waals surface area contributed by atoms with Gasteiger partial charge >= 0.3 is 5.97 Å². The average Bonchev–Trinajstić information content (AvgIpc) is 2.41. The van der Waals surface area contributed by atoms with E-state index in [1.165, 1.54) is 12.7 Å². The molecule has 0 atom stereocenters. The highest BCUT2D eigenvalue weighted by atomic mass is 16.5. The van der Waals surface area contributed by atoms with Crippen LogP contribution in [0.2, 0.25) is 0 Å². The van der Waals surface area contributed by atoms with Gasteiger partial charge in [0, 0.05) is 5.69 Å². The highest BCUT2D eigenvalue weighted by Gasteiger charge is 2.13. The monoisotopic (exact) mass is 278 g/mol. The SMILES string of the molecule is CCN(CC(=O)Nc1ccc(C)c(C)c1)CC(=O)OC. The van der Waals surface area contributed by atoms with Crippen molar-refractivity contribution < 1.29 is 14.3 Å². The van der Waals surface area contributed by atoms with Crippen LogP contribution in [0.15, 0.2) is 18.2 Å². The van der Waals surface area contributed by atoms with E-state index in [1.807, 2.05) is 39.0 Å². The van der Waals surface area contributed by atoms with Gasteiger partial charge in [-0.1, -0.05) is 13.0 Å². The first-order valence-electron chi connectivity index (χ1n) is 6.62. The van der Waals surface area contributed by atoms with Crippen molar-refractivity contribution in [1.29, 1.82) is 0 Å². The molecule has 1 amide bonds. The average molecular weight is 278 g/mol. The van der Waals surface area contributed by atoms with E-state index >= 15 is 0 Å². The number of benzene rings is 1. The maximum atomic E-state index is 11.9. The molecule has 0 saturated carbocycles. The van der Waals surface area contributed by atoms with E-state index in [4.69, 9.17) is 0 Å². The Bertz CT molecular complexity index is 486. The highest BCUT2D eigenvalue weighted by molar-refractivity contribution is 5.92. The van der Waals surface area contributed by atoms with Gasteiger partial charge in [0.2, 0.25) is 5.91 Å². The molecule has 20 heavy (non-hydrogen) atoms. The van der Waals surface area contributed by atoms with Gasteiger partial charge in [-0.15, -0.1) is 0 Å². The molecule has 0 saturated heterocycles. The predicted molar refractivity (Wildman–Crippen MR) is 78.7 cm³/mol. The number of carbonyl (C=O) groups is 2. The Morgan fingerprint density at radius 3 is 2.45 bits per heavy atom. The summed E-state index contributed by atoms with van der Waals surface area (Å²) in [6.07, 6.45) is 0. The summed E-state index contributed by atoms with van der Waals surface area (Å²) in [6, 6.07) is 5.78. The van der Waals surface area contributed by atoms with E-state index in [0.717, 1.165) is 11.3 Å². The van der Waals surface area contributed by atoms with Crippen LogP contribution in [-0.4, -0.2) is 43.5 Å². The van der Waals surface area contributed by atoms with Gasteiger partial charge < -0.3 is 10.1 Å². The van der Waals surface area contributed by atoms with E-state index in [1.54, 1.807) is 4.90 Å². The number of esters is 1. The normalized spacial score (nSPS) is 10.4. The summed E-state index contributed by atoms with van der Waals surface area (Å²) in [5, 5.41) is 2.83. The van der Waals surface area contributed by atoms with Crippen LogP contribution in [0.3, 0.4) is 0 Å². The lowest BCUT2D eigenvalue weighted by Crippen LogP contribution is -2.37. The predicted octanol–water partition coefficient (Wildman–Crippen LogP) is 1.74. The number of hydrogen-bond acceptors (Lipinski definition) is 4. The molecule has 110 valence electrons. The van der Waals surface area contributed by atoms with Crippen molar-refractivity contribution in [3.8, 4) is 0 Å². The molecule has 0 bridgehead atoms. The van der Waals surface area contributed by atoms with E-state index in [9.17, 15) is 9.59 Å². The van der Waals surface area contributed by atoms with Crippen molar-refractivity contribution in [2.24, 2.45) is 0 Å². The van der Waals surface area contributed by atoms with E-state index in [-0.39, 0.29) is 25.0 Å². The van der Waals surface area contributed by atoms with Crippen molar-refractivity contribution in [3.05, 3.63) is 29.3 Å². The standard InChI is InChI=1S/C15H22N2O3/c1-5-17(10-15(19)20-4)9-14(18)16-13-7-6-11(2)12(3)8-13/h6-8H,5,9-10H2,1-4H3,(H,16,18). The van der Waals surface area contributed by atoms with Crippen LogP contribution in [0.25, 0.3) is 0 Å². The first-order chi connectivity index (χ1) is 9.46. The number of ether oxygens (including phenoxy) is 1. The van der Waals surface area contributed by atoms with Crippen LogP contribution in [0.4, 0.5) is 5.69 Å². The summed E-state index contributed by atoms with van der Waals surface area (Å²) < 4.78 is 4.60. The van der Waals surface area contributed by atoms with Gasteiger partial charge in [-0.25, -0.2) is 0 Å². The summed E-state index contributed by atoms with van der Waals surface area (Å²) in [6.45, 7) is 6.81. The molecule has 0 aliphatic carbocycles. The molecular weight excluding hydrogens is 256 g/mol. The summed E-state index contributed by atoms with van der Waals surface area (Å²) in [7, 11) is 1.34. The molecule has 0 aliphatic rings. The summed E-state index contributed by atoms with van der Waals surface area (Å²) in [4.78, 5) is 24.9. The summed E-state index contributed by atoms with van der Waals surface area (Å²) >= 11 is 0. The molecule has 0 unspecified atom stereocenters.